The third kappa shape index (κ3) is 4.35. The van der Waals surface area contributed by atoms with Crippen LogP contribution in [0.1, 0.15) is 13.8 Å². The van der Waals surface area contributed by atoms with Gasteiger partial charge >= 0.3 is 0 Å². The van der Waals surface area contributed by atoms with Crippen molar-refractivity contribution in [2.75, 3.05) is 32.6 Å². The molecule has 0 saturated carbocycles. The number of thiol groups is 1. The van der Waals surface area contributed by atoms with Crippen molar-refractivity contribution in [2.45, 2.75) is 29.2 Å². The van der Waals surface area contributed by atoms with Crippen LogP contribution < -0.4 is 0 Å². The van der Waals surface area contributed by atoms with E-state index in [1.807, 2.05) is 0 Å². The Bertz CT molecular complexity index is 422. The molecule has 1 aliphatic heterocycles. The van der Waals surface area contributed by atoms with Crippen LogP contribution in [0.4, 0.5) is 0 Å². The molecule has 1 heterocycles. The topological polar surface area (TPSA) is 12.5 Å². The molecule has 0 aromatic heterocycles. The summed E-state index contributed by atoms with van der Waals surface area (Å²) in [4.78, 5) is 5.19. The van der Waals surface area contributed by atoms with E-state index in [9.17, 15) is 0 Å². The molecule has 0 amide bonds. The van der Waals surface area contributed by atoms with Crippen LogP contribution in [0.3, 0.4) is 0 Å². The minimum Gasteiger partial charge on any atom is -0.379 e. The maximum absolute atomic E-state index is 5.42. The smallest absolute Gasteiger partial charge is 0.0594 e. The molecule has 2 nitrogen and oxygen atoms in total. The molecule has 1 saturated heterocycles. The highest BCUT2D eigenvalue weighted by atomic mass is 32.2. The molecule has 106 valence electrons. The highest BCUT2D eigenvalue weighted by molar-refractivity contribution is 7.98. The molecular weight excluding hydrogens is 274 g/mol. The third-order valence-electron chi connectivity index (χ3n) is 3.43. The predicted molar refractivity (Wildman–Crippen MR) is 88.0 cm³/mol. The van der Waals surface area contributed by atoms with E-state index in [1.165, 1.54) is 21.1 Å². The second-order valence-electron chi connectivity index (χ2n) is 5.21. The zero-order valence-corrected chi connectivity index (χ0v) is 13.6. The lowest BCUT2D eigenvalue weighted by molar-refractivity contribution is 0.0118. The van der Waals surface area contributed by atoms with Gasteiger partial charge in [0.05, 0.1) is 13.2 Å². The minimum absolute atomic E-state index is 0.128. The van der Waals surface area contributed by atoms with Gasteiger partial charge in [-0.15, -0.1) is 11.8 Å². The summed E-state index contributed by atoms with van der Waals surface area (Å²) in [5.74, 6) is 0. The Morgan fingerprint density at radius 1 is 1.21 bits per heavy atom. The standard InChI is InChI=1S/C15H23NOS2/c1-15(2,16-8-10-17-11-9-16)12-19-14-6-4-13(18-3)5-7-14/h4-7,12,19H,8-11H2,1-3H3. The Hall–Kier alpha value is -0.290. The largest absolute Gasteiger partial charge is 0.379 e. The van der Waals surface area contributed by atoms with Crippen molar-refractivity contribution < 1.29 is 4.74 Å². The summed E-state index contributed by atoms with van der Waals surface area (Å²) >= 11 is 3.08. The molecule has 1 aromatic carbocycles. The second-order valence-corrected chi connectivity index (χ2v) is 7.12. The van der Waals surface area contributed by atoms with E-state index in [-0.39, 0.29) is 5.54 Å². The molecule has 19 heavy (non-hydrogen) atoms. The van der Waals surface area contributed by atoms with Crippen molar-refractivity contribution in [1.82, 2.24) is 4.90 Å². The molecule has 2 rings (SSSR count). The number of nitrogens with zero attached hydrogens (tertiary/aromatic N) is 1. The van der Waals surface area contributed by atoms with Gasteiger partial charge in [-0.2, -0.15) is 11.4 Å². The van der Waals surface area contributed by atoms with Crippen molar-refractivity contribution >= 4 is 28.5 Å². The first-order valence-electron chi connectivity index (χ1n) is 6.64. The summed E-state index contributed by atoms with van der Waals surface area (Å²) in [6.07, 6.45) is 2.11. The molecule has 1 fully saturated rings. The number of ether oxygens (including phenoxy) is 1. The van der Waals surface area contributed by atoms with Crippen LogP contribution in [0.25, 0.3) is 0 Å². The van der Waals surface area contributed by atoms with Crippen LogP contribution in [-0.2, 0) is 4.74 Å². The molecule has 0 unspecified atom stereocenters. The molecular formula is C15H23NOS2. The first-order valence-corrected chi connectivity index (χ1v) is 8.83. The number of hydrogen-bond acceptors (Lipinski definition) is 3. The zero-order valence-electron chi connectivity index (χ0n) is 11.9. The lowest BCUT2D eigenvalue weighted by atomic mass is 10.1. The number of thioether (sulfide) groups is 1. The molecule has 1 aromatic rings. The lowest BCUT2D eigenvalue weighted by Crippen LogP contribution is -2.50. The average Bonchev–Trinajstić information content (AvgIpc) is 2.47. The van der Waals surface area contributed by atoms with Gasteiger partial charge in [0.1, 0.15) is 0 Å². The first-order chi connectivity index (χ1) is 9.12. The molecule has 0 radical (unpaired) electrons. The van der Waals surface area contributed by atoms with Crippen LogP contribution in [0, 0.1) is 0 Å². The molecule has 0 bridgehead atoms. The Kier molecular flexibility index (Phi) is 5.51. The van der Waals surface area contributed by atoms with Gasteiger partial charge in [-0.25, -0.2) is 0 Å². The molecule has 0 N–H and O–H groups in total. The van der Waals surface area contributed by atoms with E-state index in [4.69, 9.17) is 4.74 Å². The number of benzene rings is 1. The number of rotatable bonds is 4. The molecule has 1 aliphatic rings. The molecule has 0 atom stereocenters. The fraction of sp³-hybridized carbons (Fsp3) is 0.533. The second kappa shape index (κ2) is 6.93. The Balaban J connectivity index is 2.02. The van der Waals surface area contributed by atoms with E-state index in [0.717, 1.165) is 26.3 Å². The van der Waals surface area contributed by atoms with Crippen molar-refractivity contribution in [3.63, 3.8) is 0 Å². The Labute approximate surface area is 124 Å². The van der Waals surface area contributed by atoms with Crippen LogP contribution in [0.5, 0.6) is 0 Å². The fourth-order valence-electron chi connectivity index (χ4n) is 2.12. The van der Waals surface area contributed by atoms with Gasteiger partial charge in [0.25, 0.3) is 0 Å². The van der Waals surface area contributed by atoms with Crippen LogP contribution in [-0.4, -0.2) is 48.4 Å². The lowest BCUT2D eigenvalue weighted by Gasteiger charge is -2.38. The van der Waals surface area contributed by atoms with Crippen LogP contribution in [0.2, 0.25) is 0 Å². The van der Waals surface area contributed by atoms with Crippen LogP contribution in [0.15, 0.2) is 34.1 Å². The number of hydrogen-bond donors (Lipinski definition) is 1. The maximum atomic E-state index is 5.42. The minimum atomic E-state index is 0.128. The quantitative estimate of drug-likeness (QED) is 0.521. The van der Waals surface area contributed by atoms with Gasteiger partial charge in [-0.05, 0) is 54.6 Å². The van der Waals surface area contributed by atoms with Gasteiger partial charge in [0.2, 0.25) is 0 Å². The van der Waals surface area contributed by atoms with E-state index in [0.29, 0.717) is 0 Å². The highest BCUT2D eigenvalue weighted by Crippen LogP contribution is 2.21. The van der Waals surface area contributed by atoms with E-state index in [2.05, 4.69) is 54.6 Å². The van der Waals surface area contributed by atoms with Gasteiger partial charge < -0.3 is 4.74 Å². The Morgan fingerprint density at radius 3 is 2.42 bits per heavy atom. The summed E-state index contributed by atoms with van der Waals surface area (Å²) < 4.78 is 5.42. The SMILES string of the molecule is CSc1ccc([SH]=CC(C)(C)N2CCOCC2)cc1. The van der Waals surface area contributed by atoms with Crippen molar-refractivity contribution in [1.29, 1.82) is 0 Å². The number of morpholine rings is 1. The molecule has 0 spiro atoms. The van der Waals surface area contributed by atoms with Crippen molar-refractivity contribution in [3.8, 4) is 0 Å². The first kappa shape index (κ1) is 15.1. The fourth-order valence-corrected chi connectivity index (χ4v) is 3.48. The normalized spacial score (nSPS) is 18.5. The Morgan fingerprint density at radius 2 is 1.84 bits per heavy atom. The average molecular weight is 297 g/mol. The van der Waals surface area contributed by atoms with Crippen molar-refractivity contribution in [2.24, 2.45) is 0 Å². The van der Waals surface area contributed by atoms with Gasteiger partial charge in [-0.3, -0.25) is 4.90 Å². The van der Waals surface area contributed by atoms with Gasteiger partial charge in [0.15, 0.2) is 0 Å². The monoisotopic (exact) mass is 297 g/mol. The molecule has 4 heteroatoms. The highest BCUT2D eigenvalue weighted by Gasteiger charge is 2.25. The summed E-state index contributed by atoms with van der Waals surface area (Å²) in [5, 5.41) is 2.40. The van der Waals surface area contributed by atoms with Crippen molar-refractivity contribution in [3.05, 3.63) is 24.3 Å². The molecule has 0 aliphatic carbocycles. The summed E-state index contributed by atoms with van der Waals surface area (Å²) in [7, 11) is 0. The van der Waals surface area contributed by atoms with E-state index < -0.39 is 0 Å². The zero-order chi connectivity index (χ0) is 13.7. The summed E-state index contributed by atoms with van der Waals surface area (Å²) in [6.45, 7) is 8.37. The predicted octanol–water partition coefficient (Wildman–Crippen LogP) is 3.15. The third-order valence-corrected chi connectivity index (χ3v) is 5.53. The van der Waals surface area contributed by atoms with Gasteiger partial charge in [0, 0.05) is 23.5 Å². The van der Waals surface area contributed by atoms with Crippen LogP contribution >= 0.6 is 23.1 Å². The summed E-state index contributed by atoms with van der Waals surface area (Å²) in [5.41, 5.74) is 0.128. The van der Waals surface area contributed by atoms with E-state index >= 15 is 0 Å². The maximum Gasteiger partial charge on any atom is 0.0594 e. The van der Waals surface area contributed by atoms with Gasteiger partial charge in [-0.1, -0.05) is 0 Å². The van der Waals surface area contributed by atoms with E-state index in [1.54, 1.807) is 11.8 Å². The summed E-state index contributed by atoms with van der Waals surface area (Å²) in [6, 6.07) is 8.84.